The molecule has 1 N–H and O–H groups in total. The summed E-state index contributed by atoms with van der Waals surface area (Å²) < 4.78 is 1.99. The van der Waals surface area contributed by atoms with Crippen molar-refractivity contribution < 1.29 is 5.11 Å². The first-order chi connectivity index (χ1) is 9.64. The zero-order chi connectivity index (χ0) is 14.2. The van der Waals surface area contributed by atoms with Crippen molar-refractivity contribution in [2.45, 2.75) is 58.2 Å². The second-order valence-electron chi connectivity index (χ2n) is 6.61. The van der Waals surface area contributed by atoms with Crippen molar-refractivity contribution >= 4 is 0 Å². The first-order valence-corrected chi connectivity index (χ1v) is 8.10. The molecular weight excluding hydrogens is 250 g/mol. The third kappa shape index (κ3) is 2.51. The van der Waals surface area contributed by atoms with Gasteiger partial charge in [-0.2, -0.15) is 5.10 Å². The predicted octanol–water partition coefficient (Wildman–Crippen LogP) is 2.28. The molecule has 20 heavy (non-hydrogen) atoms. The summed E-state index contributed by atoms with van der Waals surface area (Å²) in [4.78, 5) is 2.51. The first kappa shape index (κ1) is 14.1. The van der Waals surface area contributed by atoms with Gasteiger partial charge in [0.05, 0.1) is 11.8 Å². The van der Waals surface area contributed by atoms with Crippen LogP contribution in [-0.2, 0) is 13.1 Å². The van der Waals surface area contributed by atoms with E-state index in [1.807, 2.05) is 10.9 Å². The molecule has 1 saturated heterocycles. The van der Waals surface area contributed by atoms with Crippen molar-refractivity contribution in [3.8, 4) is 0 Å². The van der Waals surface area contributed by atoms with E-state index in [-0.39, 0.29) is 0 Å². The van der Waals surface area contributed by atoms with Gasteiger partial charge in [-0.15, -0.1) is 0 Å². The Morgan fingerprint density at radius 2 is 2.25 bits per heavy atom. The molecule has 3 rings (SSSR count). The molecule has 1 aromatic heterocycles. The second kappa shape index (κ2) is 5.49. The van der Waals surface area contributed by atoms with Crippen LogP contribution in [0.1, 0.15) is 45.1 Å². The molecule has 0 spiro atoms. The topological polar surface area (TPSA) is 41.3 Å². The lowest BCUT2D eigenvalue weighted by molar-refractivity contribution is -0.0613. The van der Waals surface area contributed by atoms with Crippen molar-refractivity contribution in [3.05, 3.63) is 18.0 Å². The average Bonchev–Trinajstić information content (AvgIpc) is 3.06. The van der Waals surface area contributed by atoms with Crippen LogP contribution in [0, 0.1) is 11.8 Å². The van der Waals surface area contributed by atoms with Crippen LogP contribution < -0.4 is 0 Å². The SMILES string of the molecule is CCn1cc(CN2C[C@H]3CCC[C@](O)(CC)[C@H]3C2)cn1. The molecule has 0 aromatic carbocycles. The van der Waals surface area contributed by atoms with Gasteiger partial charge in [0, 0.05) is 43.9 Å². The van der Waals surface area contributed by atoms with E-state index < -0.39 is 5.60 Å². The highest BCUT2D eigenvalue weighted by molar-refractivity contribution is 5.06. The van der Waals surface area contributed by atoms with Crippen molar-refractivity contribution in [1.82, 2.24) is 14.7 Å². The molecule has 1 saturated carbocycles. The maximum Gasteiger partial charge on any atom is 0.0688 e. The number of aryl methyl sites for hydroxylation is 1. The Balaban J connectivity index is 1.66. The lowest BCUT2D eigenvalue weighted by Crippen LogP contribution is -2.44. The number of hydrogen-bond acceptors (Lipinski definition) is 3. The molecule has 0 radical (unpaired) electrons. The standard InChI is InChI=1S/C16H27N3O/c1-3-16(20)7-5-6-14-11-18(12-15(14)16)9-13-8-17-19(4-2)10-13/h8,10,14-15,20H,3-7,9,11-12H2,1-2H3/t14-,15+,16-/m1/s1. The van der Waals surface area contributed by atoms with Crippen molar-refractivity contribution in [2.75, 3.05) is 13.1 Å². The van der Waals surface area contributed by atoms with Crippen molar-refractivity contribution in [1.29, 1.82) is 0 Å². The maximum atomic E-state index is 10.8. The second-order valence-corrected chi connectivity index (χ2v) is 6.61. The normalized spacial score (nSPS) is 34.4. The quantitative estimate of drug-likeness (QED) is 0.918. The molecule has 2 aliphatic rings. The number of fused-ring (bicyclic) bond motifs is 1. The largest absolute Gasteiger partial charge is 0.390 e. The van der Waals surface area contributed by atoms with Crippen molar-refractivity contribution in [3.63, 3.8) is 0 Å². The summed E-state index contributed by atoms with van der Waals surface area (Å²) in [6.45, 7) is 8.35. The predicted molar refractivity (Wildman–Crippen MR) is 79.2 cm³/mol. The highest BCUT2D eigenvalue weighted by atomic mass is 16.3. The number of nitrogens with zero attached hydrogens (tertiary/aromatic N) is 3. The number of hydrogen-bond donors (Lipinski definition) is 1. The molecule has 0 unspecified atom stereocenters. The van der Waals surface area contributed by atoms with Gasteiger partial charge < -0.3 is 5.11 Å². The summed E-state index contributed by atoms with van der Waals surface area (Å²) >= 11 is 0. The van der Waals surface area contributed by atoms with Gasteiger partial charge in [-0.25, -0.2) is 0 Å². The summed E-state index contributed by atoms with van der Waals surface area (Å²) in [7, 11) is 0. The van der Waals surface area contributed by atoms with Gasteiger partial charge in [-0.05, 0) is 32.1 Å². The highest BCUT2D eigenvalue weighted by Gasteiger charge is 2.47. The molecule has 2 fully saturated rings. The van der Waals surface area contributed by atoms with Crippen LogP contribution in [0.3, 0.4) is 0 Å². The van der Waals surface area contributed by atoms with E-state index in [0.29, 0.717) is 11.8 Å². The Bertz CT molecular complexity index is 458. The Morgan fingerprint density at radius 3 is 2.95 bits per heavy atom. The van der Waals surface area contributed by atoms with Gasteiger partial charge in [0.1, 0.15) is 0 Å². The Labute approximate surface area is 121 Å². The minimum absolute atomic E-state index is 0.411. The van der Waals surface area contributed by atoms with Gasteiger partial charge in [0.15, 0.2) is 0 Å². The van der Waals surface area contributed by atoms with Gasteiger partial charge in [0.25, 0.3) is 0 Å². The van der Waals surface area contributed by atoms with E-state index in [1.165, 1.54) is 18.4 Å². The molecule has 1 aliphatic heterocycles. The van der Waals surface area contributed by atoms with E-state index in [1.54, 1.807) is 0 Å². The third-order valence-corrected chi connectivity index (χ3v) is 5.42. The van der Waals surface area contributed by atoms with Crippen LogP contribution in [0.15, 0.2) is 12.4 Å². The van der Waals surface area contributed by atoms with Crippen LogP contribution in [0.25, 0.3) is 0 Å². The lowest BCUT2D eigenvalue weighted by atomic mass is 9.69. The zero-order valence-corrected chi connectivity index (χ0v) is 12.8. The molecule has 3 atom stereocenters. The molecule has 4 heteroatoms. The number of likely N-dealkylation sites (tertiary alicyclic amines) is 1. The molecule has 1 aliphatic carbocycles. The van der Waals surface area contributed by atoms with Gasteiger partial charge in [-0.1, -0.05) is 13.3 Å². The van der Waals surface area contributed by atoms with Gasteiger partial charge in [-0.3, -0.25) is 9.58 Å². The smallest absolute Gasteiger partial charge is 0.0688 e. The highest BCUT2D eigenvalue weighted by Crippen LogP contribution is 2.44. The molecule has 4 nitrogen and oxygen atoms in total. The van der Waals surface area contributed by atoms with E-state index in [2.05, 4.69) is 30.0 Å². The Morgan fingerprint density at radius 1 is 1.40 bits per heavy atom. The maximum absolute atomic E-state index is 10.8. The van der Waals surface area contributed by atoms with Gasteiger partial charge in [0.2, 0.25) is 0 Å². The summed E-state index contributed by atoms with van der Waals surface area (Å²) in [5.41, 5.74) is 0.885. The van der Waals surface area contributed by atoms with Crippen LogP contribution in [0.5, 0.6) is 0 Å². The minimum atomic E-state index is -0.411. The summed E-state index contributed by atoms with van der Waals surface area (Å²) in [5.74, 6) is 1.16. The molecular formula is C16H27N3O. The van der Waals surface area contributed by atoms with Crippen LogP contribution in [0.2, 0.25) is 0 Å². The molecule has 0 bridgehead atoms. The van der Waals surface area contributed by atoms with Crippen LogP contribution in [-0.4, -0.2) is 38.5 Å². The van der Waals surface area contributed by atoms with Gasteiger partial charge >= 0.3 is 0 Å². The zero-order valence-electron chi connectivity index (χ0n) is 12.8. The van der Waals surface area contributed by atoms with E-state index in [0.717, 1.165) is 39.0 Å². The van der Waals surface area contributed by atoms with E-state index >= 15 is 0 Å². The van der Waals surface area contributed by atoms with E-state index in [4.69, 9.17) is 0 Å². The fraction of sp³-hybridized carbons (Fsp3) is 0.812. The lowest BCUT2D eigenvalue weighted by Gasteiger charge is -2.40. The molecule has 112 valence electrons. The Hall–Kier alpha value is -0.870. The van der Waals surface area contributed by atoms with Crippen LogP contribution >= 0.6 is 0 Å². The summed E-state index contributed by atoms with van der Waals surface area (Å²) in [6, 6.07) is 0. The monoisotopic (exact) mass is 277 g/mol. The average molecular weight is 277 g/mol. The molecule has 2 heterocycles. The molecule has 1 aromatic rings. The first-order valence-electron chi connectivity index (χ1n) is 8.10. The number of aliphatic hydroxyl groups is 1. The Kier molecular flexibility index (Phi) is 3.87. The fourth-order valence-corrected chi connectivity index (χ4v) is 4.20. The summed E-state index contributed by atoms with van der Waals surface area (Å²) in [5, 5.41) is 15.2. The summed E-state index contributed by atoms with van der Waals surface area (Å²) in [6.07, 6.45) is 8.50. The van der Waals surface area contributed by atoms with Crippen molar-refractivity contribution in [2.24, 2.45) is 11.8 Å². The van der Waals surface area contributed by atoms with E-state index in [9.17, 15) is 5.11 Å². The fourth-order valence-electron chi connectivity index (χ4n) is 4.20. The minimum Gasteiger partial charge on any atom is -0.390 e. The third-order valence-electron chi connectivity index (χ3n) is 5.42. The number of rotatable bonds is 4. The van der Waals surface area contributed by atoms with Crippen LogP contribution in [0.4, 0.5) is 0 Å². The molecule has 0 amide bonds. The number of aromatic nitrogens is 2.